The highest BCUT2D eigenvalue weighted by atomic mass is 16.5. The Balaban J connectivity index is 1.92. The lowest BCUT2D eigenvalue weighted by Crippen LogP contribution is -2.42. The zero-order chi connectivity index (χ0) is 14.9. The SMILES string of the molecule is COc1ccc2cc(N3CCCC(C)(C=O)C3)ccc2c1. The lowest BCUT2D eigenvalue weighted by Gasteiger charge is -2.38. The van der Waals surface area contributed by atoms with E-state index < -0.39 is 0 Å². The Morgan fingerprint density at radius 3 is 2.71 bits per heavy atom. The molecule has 21 heavy (non-hydrogen) atoms. The number of benzene rings is 2. The minimum absolute atomic E-state index is 0.215. The highest BCUT2D eigenvalue weighted by Crippen LogP contribution is 2.32. The number of nitrogens with zero attached hydrogens (tertiary/aromatic N) is 1. The van der Waals surface area contributed by atoms with Gasteiger partial charge in [0, 0.05) is 24.2 Å². The van der Waals surface area contributed by atoms with E-state index in [1.54, 1.807) is 7.11 Å². The number of hydrogen-bond donors (Lipinski definition) is 0. The molecule has 0 bridgehead atoms. The number of piperidine rings is 1. The van der Waals surface area contributed by atoms with Crippen LogP contribution in [0, 0.1) is 5.41 Å². The second kappa shape index (κ2) is 5.40. The van der Waals surface area contributed by atoms with Crippen molar-refractivity contribution in [3.05, 3.63) is 36.4 Å². The molecular formula is C18H21NO2. The first kappa shape index (κ1) is 13.9. The fourth-order valence-corrected chi connectivity index (χ4v) is 3.12. The molecule has 0 aliphatic carbocycles. The lowest BCUT2D eigenvalue weighted by atomic mass is 9.83. The molecule has 3 heteroatoms. The summed E-state index contributed by atoms with van der Waals surface area (Å²) in [5.74, 6) is 0.877. The van der Waals surface area contributed by atoms with Crippen LogP contribution < -0.4 is 9.64 Å². The molecule has 0 aromatic heterocycles. The molecule has 0 spiro atoms. The Hall–Kier alpha value is -2.03. The van der Waals surface area contributed by atoms with E-state index in [1.807, 2.05) is 12.1 Å². The van der Waals surface area contributed by atoms with Crippen molar-refractivity contribution in [3.8, 4) is 5.75 Å². The largest absolute Gasteiger partial charge is 0.497 e. The molecule has 0 N–H and O–H groups in total. The molecule has 3 rings (SSSR count). The van der Waals surface area contributed by atoms with Crippen molar-refractivity contribution < 1.29 is 9.53 Å². The van der Waals surface area contributed by atoms with Gasteiger partial charge in [-0.1, -0.05) is 19.1 Å². The van der Waals surface area contributed by atoms with Crippen LogP contribution >= 0.6 is 0 Å². The van der Waals surface area contributed by atoms with Gasteiger partial charge in [0.05, 0.1) is 7.11 Å². The fraction of sp³-hybridized carbons (Fsp3) is 0.389. The van der Waals surface area contributed by atoms with E-state index in [2.05, 4.69) is 36.1 Å². The van der Waals surface area contributed by atoms with Crippen molar-refractivity contribution in [3.63, 3.8) is 0 Å². The van der Waals surface area contributed by atoms with Crippen LogP contribution in [0.25, 0.3) is 10.8 Å². The van der Waals surface area contributed by atoms with Crippen molar-refractivity contribution in [1.29, 1.82) is 0 Å². The molecular weight excluding hydrogens is 262 g/mol. The summed E-state index contributed by atoms with van der Waals surface area (Å²) in [7, 11) is 1.68. The Morgan fingerprint density at radius 2 is 1.95 bits per heavy atom. The minimum Gasteiger partial charge on any atom is -0.497 e. The van der Waals surface area contributed by atoms with Crippen LogP contribution in [0.5, 0.6) is 5.75 Å². The van der Waals surface area contributed by atoms with Crippen LogP contribution in [-0.2, 0) is 4.79 Å². The molecule has 1 unspecified atom stereocenters. The number of methoxy groups -OCH3 is 1. The Morgan fingerprint density at radius 1 is 1.19 bits per heavy atom. The van der Waals surface area contributed by atoms with Crippen molar-refractivity contribution in [1.82, 2.24) is 0 Å². The molecule has 1 heterocycles. The predicted octanol–water partition coefficient (Wildman–Crippen LogP) is 3.65. The maximum atomic E-state index is 11.3. The number of aldehydes is 1. The van der Waals surface area contributed by atoms with Crippen LogP contribution in [0.3, 0.4) is 0 Å². The van der Waals surface area contributed by atoms with Gasteiger partial charge in [0.15, 0.2) is 0 Å². The number of carbonyl (C=O) groups is 1. The van der Waals surface area contributed by atoms with Gasteiger partial charge < -0.3 is 14.4 Å². The first-order valence-electron chi connectivity index (χ1n) is 7.43. The molecule has 2 aromatic carbocycles. The summed E-state index contributed by atoms with van der Waals surface area (Å²) in [5, 5.41) is 2.37. The van der Waals surface area contributed by atoms with Crippen LogP contribution in [0.1, 0.15) is 19.8 Å². The summed E-state index contributed by atoms with van der Waals surface area (Å²) in [6, 6.07) is 12.6. The van der Waals surface area contributed by atoms with Crippen molar-refractivity contribution in [2.75, 3.05) is 25.1 Å². The van der Waals surface area contributed by atoms with E-state index in [-0.39, 0.29) is 5.41 Å². The first-order chi connectivity index (χ1) is 10.1. The average Bonchev–Trinajstić information content (AvgIpc) is 2.54. The average molecular weight is 283 g/mol. The molecule has 1 atom stereocenters. The highest BCUT2D eigenvalue weighted by Gasteiger charge is 2.30. The summed E-state index contributed by atoms with van der Waals surface area (Å²) in [6.07, 6.45) is 3.17. The van der Waals surface area contributed by atoms with Crippen molar-refractivity contribution in [2.45, 2.75) is 19.8 Å². The lowest BCUT2D eigenvalue weighted by molar-refractivity contribution is -0.115. The van der Waals surface area contributed by atoms with E-state index in [0.29, 0.717) is 0 Å². The molecule has 0 amide bonds. The molecule has 1 saturated heterocycles. The third kappa shape index (κ3) is 2.73. The summed E-state index contributed by atoms with van der Waals surface area (Å²) in [6.45, 7) is 3.88. The van der Waals surface area contributed by atoms with Gasteiger partial charge >= 0.3 is 0 Å². The summed E-state index contributed by atoms with van der Waals surface area (Å²) < 4.78 is 5.26. The summed E-state index contributed by atoms with van der Waals surface area (Å²) >= 11 is 0. The molecule has 110 valence electrons. The third-order valence-corrected chi connectivity index (χ3v) is 4.41. The van der Waals surface area contributed by atoms with Crippen LogP contribution in [0.15, 0.2) is 36.4 Å². The smallest absolute Gasteiger partial charge is 0.127 e. The van der Waals surface area contributed by atoms with Crippen molar-refractivity contribution in [2.24, 2.45) is 5.41 Å². The standard InChI is InChI=1S/C18H21NO2/c1-18(13-20)8-3-9-19(12-18)16-6-4-15-11-17(21-2)7-5-14(15)10-16/h4-7,10-11,13H,3,8-9,12H2,1-2H3. The maximum Gasteiger partial charge on any atom is 0.127 e. The molecule has 2 aromatic rings. The zero-order valence-corrected chi connectivity index (χ0v) is 12.6. The second-order valence-electron chi connectivity index (χ2n) is 6.19. The number of anilines is 1. The molecule has 3 nitrogen and oxygen atoms in total. The van der Waals surface area contributed by atoms with Crippen molar-refractivity contribution >= 4 is 22.7 Å². The van der Waals surface area contributed by atoms with E-state index in [9.17, 15) is 4.79 Å². The van der Waals surface area contributed by atoms with Gasteiger partial charge in [-0.25, -0.2) is 0 Å². The number of rotatable bonds is 3. The Bertz CT molecular complexity index is 667. The number of hydrogen-bond acceptors (Lipinski definition) is 3. The normalized spacial score (nSPS) is 22.3. The van der Waals surface area contributed by atoms with E-state index >= 15 is 0 Å². The third-order valence-electron chi connectivity index (χ3n) is 4.41. The highest BCUT2D eigenvalue weighted by molar-refractivity contribution is 5.87. The van der Waals surface area contributed by atoms with Crippen LogP contribution in [0.4, 0.5) is 5.69 Å². The fourth-order valence-electron chi connectivity index (χ4n) is 3.12. The number of carbonyl (C=O) groups excluding carboxylic acids is 1. The Kier molecular flexibility index (Phi) is 3.58. The molecule has 0 saturated carbocycles. The molecule has 0 radical (unpaired) electrons. The minimum atomic E-state index is -0.215. The van der Waals surface area contributed by atoms with Gasteiger partial charge in [0.25, 0.3) is 0 Å². The van der Waals surface area contributed by atoms with Gasteiger partial charge in [-0.3, -0.25) is 0 Å². The number of ether oxygens (including phenoxy) is 1. The zero-order valence-electron chi connectivity index (χ0n) is 12.6. The summed E-state index contributed by atoms with van der Waals surface area (Å²) in [4.78, 5) is 13.6. The van der Waals surface area contributed by atoms with E-state index in [0.717, 1.165) is 38.0 Å². The predicted molar refractivity (Wildman–Crippen MR) is 86.1 cm³/mol. The monoisotopic (exact) mass is 283 g/mol. The van der Waals surface area contributed by atoms with E-state index in [1.165, 1.54) is 16.5 Å². The van der Waals surface area contributed by atoms with Crippen LogP contribution in [0.2, 0.25) is 0 Å². The topological polar surface area (TPSA) is 29.5 Å². The molecule has 1 aliphatic rings. The van der Waals surface area contributed by atoms with Gasteiger partial charge in [-0.05, 0) is 47.9 Å². The van der Waals surface area contributed by atoms with Gasteiger partial charge in [0.1, 0.15) is 12.0 Å². The van der Waals surface area contributed by atoms with E-state index in [4.69, 9.17) is 4.74 Å². The van der Waals surface area contributed by atoms with Crippen LogP contribution in [-0.4, -0.2) is 26.5 Å². The van der Waals surface area contributed by atoms with Gasteiger partial charge in [-0.2, -0.15) is 0 Å². The summed E-state index contributed by atoms with van der Waals surface area (Å²) in [5.41, 5.74) is 0.980. The first-order valence-corrected chi connectivity index (χ1v) is 7.43. The maximum absolute atomic E-state index is 11.3. The second-order valence-corrected chi connectivity index (χ2v) is 6.19. The Labute approximate surface area is 125 Å². The quantitative estimate of drug-likeness (QED) is 0.805. The van der Waals surface area contributed by atoms with Gasteiger partial charge in [-0.15, -0.1) is 0 Å². The molecule has 1 aliphatic heterocycles. The number of fused-ring (bicyclic) bond motifs is 1. The molecule has 1 fully saturated rings. The van der Waals surface area contributed by atoms with Gasteiger partial charge in [0.2, 0.25) is 0 Å².